The molecule has 0 spiro atoms. The van der Waals surface area contributed by atoms with Crippen molar-refractivity contribution >= 4 is 23.1 Å². The Labute approximate surface area is 109 Å². The zero-order chi connectivity index (χ0) is 11.9. The Balaban J connectivity index is 1.92. The van der Waals surface area contributed by atoms with Gasteiger partial charge in [0.25, 0.3) is 0 Å². The monoisotopic (exact) mass is 265 g/mol. The van der Waals surface area contributed by atoms with Crippen LogP contribution in [0.1, 0.15) is 12.1 Å². The molecule has 0 aliphatic carbocycles. The van der Waals surface area contributed by atoms with Crippen LogP contribution in [0.15, 0.2) is 29.8 Å². The molecule has 5 heteroatoms. The molecule has 0 radical (unpaired) electrons. The van der Waals surface area contributed by atoms with Crippen LogP contribution in [-0.2, 0) is 5.75 Å². The third kappa shape index (κ3) is 3.80. The predicted octanol–water partition coefficient (Wildman–Crippen LogP) is 2.79. The molecule has 0 saturated heterocycles. The summed E-state index contributed by atoms with van der Waals surface area (Å²) in [5.74, 6) is 2.07. The maximum Gasteiger partial charge on any atom is 0.142 e. The van der Waals surface area contributed by atoms with E-state index in [9.17, 15) is 0 Å². The number of rotatable bonds is 6. The van der Waals surface area contributed by atoms with Crippen molar-refractivity contribution in [1.82, 2.24) is 9.97 Å². The van der Waals surface area contributed by atoms with E-state index in [4.69, 9.17) is 5.73 Å². The Hall–Kier alpha value is -0.910. The number of pyridine rings is 1. The van der Waals surface area contributed by atoms with Crippen LogP contribution in [0.3, 0.4) is 0 Å². The summed E-state index contributed by atoms with van der Waals surface area (Å²) in [6, 6.07) is 5.89. The van der Waals surface area contributed by atoms with Crippen molar-refractivity contribution in [2.75, 3.05) is 12.3 Å². The van der Waals surface area contributed by atoms with Crippen LogP contribution in [0.5, 0.6) is 0 Å². The van der Waals surface area contributed by atoms with Crippen LogP contribution < -0.4 is 5.73 Å². The van der Waals surface area contributed by atoms with Gasteiger partial charge in [-0.1, -0.05) is 6.07 Å². The molecule has 0 aliphatic heterocycles. The highest BCUT2D eigenvalue weighted by Gasteiger charge is 2.05. The highest BCUT2D eigenvalue weighted by Crippen LogP contribution is 2.23. The molecular weight excluding hydrogens is 250 g/mol. The van der Waals surface area contributed by atoms with Gasteiger partial charge >= 0.3 is 0 Å². The maximum atomic E-state index is 5.45. The van der Waals surface area contributed by atoms with Gasteiger partial charge in [-0.05, 0) is 30.9 Å². The zero-order valence-corrected chi connectivity index (χ0v) is 11.1. The first-order valence-electron chi connectivity index (χ1n) is 5.54. The average Bonchev–Trinajstić information content (AvgIpc) is 2.85. The quantitative estimate of drug-likeness (QED) is 0.816. The molecule has 0 aliphatic rings. The maximum absolute atomic E-state index is 5.45. The van der Waals surface area contributed by atoms with E-state index in [0.29, 0.717) is 0 Å². The molecule has 3 nitrogen and oxygen atoms in total. The summed E-state index contributed by atoms with van der Waals surface area (Å²) in [5.41, 5.74) is 7.54. The minimum Gasteiger partial charge on any atom is -0.330 e. The van der Waals surface area contributed by atoms with Crippen LogP contribution in [0.2, 0.25) is 0 Å². The third-order valence-corrected chi connectivity index (χ3v) is 4.17. The van der Waals surface area contributed by atoms with Gasteiger partial charge in [-0.15, -0.1) is 11.3 Å². The summed E-state index contributed by atoms with van der Waals surface area (Å²) in [6.45, 7) is 0.767. The van der Waals surface area contributed by atoms with Crippen LogP contribution in [0.4, 0.5) is 0 Å². The minimum atomic E-state index is 0.767. The molecule has 0 saturated carbocycles. The second-order valence-electron chi connectivity index (χ2n) is 3.55. The molecule has 0 amide bonds. The van der Waals surface area contributed by atoms with Crippen molar-refractivity contribution in [3.63, 3.8) is 0 Å². The first-order chi connectivity index (χ1) is 8.40. The normalized spacial score (nSPS) is 10.6. The fraction of sp³-hybridized carbons (Fsp3) is 0.333. The smallest absolute Gasteiger partial charge is 0.142 e. The van der Waals surface area contributed by atoms with E-state index in [1.165, 1.54) is 0 Å². The van der Waals surface area contributed by atoms with E-state index in [1.807, 2.05) is 30.0 Å². The molecule has 2 heterocycles. The molecule has 0 fully saturated rings. The summed E-state index contributed by atoms with van der Waals surface area (Å²) in [4.78, 5) is 8.88. The van der Waals surface area contributed by atoms with Crippen LogP contribution in [0, 0.1) is 0 Å². The standard InChI is InChI=1S/C12H15N3S2/c13-5-3-7-16-8-10-9-17-12(15-10)11-4-1-2-6-14-11/h1-2,4,6,9H,3,5,7-8,13H2. The van der Waals surface area contributed by atoms with Gasteiger partial charge in [-0.3, -0.25) is 4.98 Å². The van der Waals surface area contributed by atoms with E-state index in [-0.39, 0.29) is 0 Å². The lowest BCUT2D eigenvalue weighted by Gasteiger charge is -1.96. The van der Waals surface area contributed by atoms with E-state index < -0.39 is 0 Å². The van der Waals surface area contributed by atoms with Gasteiger partial charge in [0, 0.05) is 17.3 Å². The van der Waals surface area contributed by atoms with Crippen LogP contribution in [0.25, 0.3) is 10.7 Å². The van der Waals surface area contributed by atoms with Gasteiger partial charge in [0.05, 0.1) is 11.4 Å². The molecule has 2 rings (SSSR count). The number of hydrogen-bond acceptors (Lipinski definition) is 5. The lowest BCUT2D eigenvalue weighted by Crippen LogP contribution is -1.99. The average molecular weight is 265 g/mol. The predicted molar refractivity (Wildman–Crippen MR) is 75.2 cm³/mol. The molecule has 2 N–H and O–H groups in total. The van der Waals surface area contributed by atoms with Crippen molar-refractivity contribution in [2.45, 2.75) is 12.2 Å². The molecule has 0 bridgehead atoms. The number of nitrogens with zero attached hydrogens (tertiary/aromatic N) is 2. The van der Waals surface area contributed by atoms with E-state index in [2.05, 4.69) is 15.3 Å². The summed E-state index contributed by atoms with van der Waals surface area (Å²) in [6.07, 6.45) is 2.87. The molecule has 2 aromatic heterocycles. The molecule has 2 aromatic rings. The van der Waals surface area contributed by atoms with Gasteiger partial charge in [-0.25, -0.2) is 4.98 Å². The van der Waals surface area contributed by atoms with Crippen LogP contribution in [-0.4, -0.2) is 22.3 Å². The van der Waals surface area contributed by atoms with Gasteiger partial charge in [-0.2, -0.15) is 11.8 Å². The Morgan fingerprint density at radius 2 is 2.29 bits per heavy atom. The second-order valence-corrected chi connectivity index (χ2v) is 5.52. The zero-order valence-electron chi connectivity index (χ0n) is 9.50. The van der Waals surface area contributed by atoms with Crippen molar-refractivity contribution in [3.05, 3.63) is 35.5 Å². The second kappa shape index (κ2) is 6.74. The highest BCUT2D eigenvalue weighted by molar-refractivity contribution is 7.98. The number of thioether (sulfide) groups is 1. The van der Waals surface area contributed by atoms with E-state index in [0.717, 1.165) is 40.9 Å². The summed E-state index contributed by atoms with van der Waals surface area (Å²) >= 11 is 3.54. The largest absolute Gasteiger partial charge is 0.330 e. The first-order valence-corrected chi connectivity index (χ1v) is 7.57. The number of thiazole rings is 1. The van der Waals surface area contributed by atoms with E-state index in [1.54, 1.807) is 17.5 Å². The topological polar surface area (TPSA) is 51.8 Å². The van der Waals surface area contributed by atoms with Crippen LogP contribution >= 0.6 is 23.1 Å². The Kier molecular flexibility index (Phi) is 4.97. The third-order valence-electron chi connectivity index (χ3n) is 2.18. The van der Waals surface area contributed by atoms with E-state index >= 15 is 0 Å². The summed E-state index contributed by atoms with van der Waals surface area (Å²) < 4.78 is 0. The number of hydrogen-bond donors (Lipinski definition) is 1. The number of aromatic nitrogens is 2. The molecule has 0 aromatic carbocycles. The van der Waals surface area contributed by atoms with Gasteiger partial charge < -0.3 is 5.73 Å². The Morgan fingerprint density at radius 1 is 1.35 bits per heavy atom. The van der Waals surface area contributed by atoms with Crippen molar-refractivity contribution in [1.29, 1.82) is 0 Å². The van der Waals surface area contributed by atoms with Crippen molar-refractivity contribution in [2.24, 2.45) is 5.73 Å². The first kappa shape index (κ1) is 12.5. The lowest BCUT2D eigenvalue weighted by molar-refractivity contribution is 0.942. The fourth-order valence-electron chi connectivity index (χ4n) is 1.34. The summed E-state index contributed by atoms with van der Waals surface area (Å²) in [5, 5.41) is 3.11. The number of nitrogens with two attached hydrogens (primary N) is 1. The molecular formula is C12H15N3S2. The van der Waals surface area contributed by atoms with Gasteiger partial charge in [0.1, 0.15) is 5.01 Å². The lowest BCUT2D eigenvalue weighted by atomic mass is 10.4. The Bertz CT molecular complexity index is 442. The van der Waals surface area contributed by atoms with Crippen molar-refractivity contribution < 1.29 is 0 Å². The van der Waals surface area contributed by atoms with Crippen molar-refractivity contribution in [3.8, 4) is 10.7 Å². The molecule has 0 unspecified atom stereocenters. The minimum absolute atomic E-state index is 0.767. The molecule has 17 heavy (non-hydrogen) atoms. The summed E-state index contributed by atoms with van der Waals surface area (Å²) in [7, 11) is 0. The molecule has 0 atom stereocenters. The fourth-order valence-corrected chi connectivity index (χ4v) is 3.12. The Morgan fingerprint density at radius 3 is 3.06 bits per heavy atom. The van der Waals surface area contributed by atoms with Gasteiger partial charge in [0.2, 0.25) is 0 Å². The SMILES string of the molecule is NCCCSCc1csc(-c2ccccn2)n1. The van der Waals surface area contributed by atoms with Gasteiger partial charge in [0.15, 0.2) is 0 Å². The molecule has 90 valence electrons. The highest BCUT2D eigenvalue weighted by atomic mass is 32.2.